The summed E-state index contributed by atoms with van der Waals surface area (Å²) < 4.78 is 15.3. The Kier molecular flexibility index (Phi) is 4.00. The van der Waals surface area contributed by atoms with Crippen molar-refractivity contribution in [2.24, 2.45) is 0 Å². The van der Waals surface area contributed by atoms with Crippen molar-refractivity contribution in [3.8, 4) is 0 Å². The van der Waals surface area contributed by atoms with Crippen molar-refractivity contribution < 1.29 is 9.31 Å². The Morgan fingerprint density at radius 2 is 2.05 bits per heavy atom. The van der Waals surface area contributed by atoms with Crippen molar-refractivity contribution in [3.05, 3.63) is 67.4 Å². The number of thiazole rings is 1. The SMILES string of the molecule is O=[N+]([O-])c1ccc2sc(/C=C/c3ccc(Br)cc3F)nc2c1. The van der Waals surface area contributed by atoms with E-state index >= 15 is 0 Å². The maximum atomic E-state index is 13.7. The van der Waals surface area contributed by atoms with Gasteiger partial charge in [0.15, 0.2) is 0 Å². The van der Waals surface area contributed by atoms with Gasteiger partial charge in [-0.25, -0.2) is 9.37 Å². The minimum atomic E-state index is -0.453. The zero-order chi connectivity index (χ0) is 15.7. The number of hydrogen-bond acceptors (Lipinski definition) is 4. The van der Waals surface area contributed by atoms with E-state index in [1.54, 1.807) is 30.4 Å². The van der Waals surface area contributed by atoms with E-state index in [0.29, 0.717) is 20.6 Å². The molecule has 0 unspecified atom stereocenters. The number of non-ortho nitro benzene ring substituents is 1. The minimum absolute atomic E-state index is 0.00674. The molecule has 22 heavy (non-hydrogen) atoms. The molecular weight excluding hydrogens is 371 g/mol. The molecule has 0 aliphatic heterocycles. The molecule has 1 aromatic heterocycles. The molecular formula is C15H8BrFN2O2S. The zero-order valence-corrected chi connectivity index (χ0v) is 13.4. The molecule has 4 nitrogen and oxygen atoms in total. The van der Waals surface area contributed by atoms with Crippen molar-refractivity contribution >= 4 is 55.3 Å². The summed E-state index contributed by atoms with van der Waals surface area (Å²) in [4.78, 5) is 14.6. The number of benzene rings is 2. The lowest BCUT2D eigenvalue weighted by atomic mass is 10.2. The number of halogens is 2. The molecule has 110 valence electrons. The fourth-order valence-corrected chi connectivity index (χ4v) is 3.10. The molecule has 0 bridgehead atoms. The van der Waals surface area contributed by atoms with Crippen LogP contribution >= 0.6 is 27.3 Å². The number of aromatic nitrogens is 1. The van der Waals surface area contributed by atoms with Crippen LogP contribution in [0.2, 0.25) is 0 Å². The van der Waals surface area contributed by atoms with Gasteiger partial charge in [-0.3, -0.25) is 10.1 Å². The van der Waals surface area contributed by atoms with Crippen LogP contribution < -0.4 is 0 Å². The van der Waals surface area contributed by atoms with Gasteiger partial charge >= 0.3 is 0 Å². The second kappa shape index (κ2) is 5.94. The highest BCUT2D eigenvalue weighted by atomic mass is 79.9. The van der Waals surface area contributed by atoms with Gasteiger partial charge in [0.25, 0.3) is 5.69 Å². The first kappa shape index (κ1) is 14.8. The van der Waals surface area contributed by atoms with E-state index in [0.717, 1.165) is 4.70 Å². The summed E-state index contributed by atoms with van der Waals surface area (Å²) in [7, 11) is 0. The van der Waals surface area contributed by atoms with Gasteiger partial charge in [0, 0.05) is 22.2 Å². The summed E-state index contributed by atoms with van der Waals surface area (Å²) in [5.41, 5.74) is 1.02. The molecule has 0 spiro atoms. The van der Waals surface area contributed by atoms with Gasteiger partial charge < -0.3 is 0 Å². The average Bonchev–Trinajstić information content (AvgIpc) is 2.88. The van der Waals surface area contributed by atoms with E-state index < -0.39 is 4.92 Å². The number of fused-ring (bicyclic) bond motifs is 1. The Balaban J connectivity index is 1.93. The Morgan fingerprint density at radius 1 is 1.23 bits per heavy atom. The smallest absolute Gasteiger partial charge is 0.258 e. The second-order valence-electron chi connectivity index (χ2n) is 4.46. The van der Waals surface area contributed by atoms with Crippen molar-refractivity contribution in [2.45, 2.75) is 0 Å². The van der Waals surface area contributed by atoms with E-state index in [-0.39, 0.29) is 11.5 Å². The molecule has 3 aromatic rings. The minimum Gasteiger partial charge on any atom is -0.258 e. The Bertz CT molecular complexity index is 908. The maximum Gasteiger partial charge on any atom is 0.271 e. The summed E-state index contributed by atoms with van der Waals surface area (Å²) >= 11 is 4.60. The van der Waals surface area contributed by atoms with Gasteiger partial charge in [0.1, 0.15) is 10.8 Å². The fraction of sp³-hybridized carbons (Fsp3) is 0. The first-order chi connectivity index (χ1) is 10.5. The van der Waals surface area contributed by atoms with E-state index in [1.165, 1.54) is 29.5 Å². The van der Waals surface area contributed by atoms with Gasteiger partial charge in [0.2, 0.25) is 0 Å². The molecule has 0 radical (unpaired) electrons. The van der Waals surface area contributed by atoms with Crippen LogP contribution in [0, 0.1) is 15.9 Å². The van der Waals surface area contributed by atoms with Crippen molar-refractivity contribution in [1.82, 2.24) is 4.98 Å². The molecule has 0 saturated carbocycles. The van der Waals surface area contributed by atoms with E-state index in [1.807, 2.05) is 0 Å². The van der Waals surface area contributed by atoms with Crippen LogP contribution in [0.3, 0.4) is 0 Å². The van der Waals surface area contributed by atoms with Crippen LogP contribution in [0.15, 0.2) is 40.9 Å². The summed E-state index contributed by atoms with van der Waals surface area (Å²) in [6.45, 7) is 0. The topological polar surface area (TPSA) is 56.0 Å². The van der Waals surface area contributed by atoms with Gasteiger partial charge in [-0.05, 0) is 30.4 Å². The second-order valence-corrected chi connectivity index (χ2v) is 6.44. The van der Waals surface area contributed by atoms with Crippen LogP contribution in [-0.2, 0) is 0 Å². The quantitative estimate of drug-likeness (QED) is 0.460. The van der Waals surface area contributed by atoms with Crippen molar-refractivity contribution in [3.63, 3.8) is 0 Å². The van der Waals surface area contributed by atoms with Gasteiger partial charge in [-0.15, -0.1) is 11.3 Å². The van der Waals surface area contributed by atoms with Gasteiger partial charge in [-0.1, -0.05) is 22.0 Å². The zero-order valence-electron chi connectivity index (χ0n) is 11.0. The van der Waals surface area contributed by atoms with Crippen molar-refractivity contribution in [2.75, 3.05) is 0 Å². The van der Waals surface area contributed by atoms with Crippen molar-refractivity contribution in [1.29, 1.82) is 0 Å². The number of nitrogens with zero attached hydrogens (tertiary/aromatic N) is 2. The fourth-order valence-electron chi connectivity index (χ4n) is 1.92. The molecule has 0 aliphatic carbocycles. The third-order valence-electron chi connectivity index (χ3n) is 2.97. The Labute approximate surface area is 137 Å². The third-order valence-corrected chi connectivity index (χ3v) is 4.46. The number of hydrogen-bond donors (Lipinski definition) is 0. The monoisotopic (exact) mass is 378 g/mol. The number of rotatable bonds is 3. The van der Waals surface area contributed by atoms with Crippen LogP contribution in [-0.4, -0.2) is 9.91 Å². The molecule has 2 aromatic carbocycles. The predicted octanol–water partition coefficient (Wildman–Crippen LogP) is 5.28. The lowest BCUT2D eigenvalue weighted by Gasteiger charge is -1.96. The highest BCUT2D eigenvalue weighted by Gasteiger charge is 2.09. The number of nitro benzene ring substituents is 1. The third kappa shape index (κ3) is 3.05. The molecule has 0 fully saturated rings. The largest absolute Gasteiger partial charge is 0.271 e. The van der Waals surface area contributed by atoms with Crippen LogP contribution in [0.25, 0.3) is 22.4 Å². The molecule has 0 N–H and O–H groups in total. The van der Waals surface area contributed by atoms with E-state index in [2.05, 4.69) is 20.9 Å². The van der Waals surface area contributed by atoms with E-state index in [4.69, 9.17) is 0 Å². The van der Waals surface area contributed by atoms with Gasteiger partial charge in [-0.2, -0.15) is 0 Å². The van der Waals surface area contributed by atoms with Crippen LogP contribution in [0.4, 0.5) is 10.1 Å². The molecule has 0 saturated heterocycles. The first-order valence-corrected chi connectivity index (χ1v) is 7.82. The summed E-state index contributed by atoms with van der Waals surface area (Å²) in [5, 5.41) is 11.4. The molecule has 1 heterocycles. The summed E-state index contributed by atoms with van der Waals surface area (Å²) in [6, 6.07) is 9.36. The Hall–Kier alpha value is -2.12. The van der Waals surface area contributed by atoms with Crippen LogP contribution in [0.5, 0.6) is 0 Å². The lowest BCUT2D eigenvalue weighted by molar-refractivity contribution is -0.384. The lowest BCUT2D eigenvalue weighted by Crippen LogP contribution is -1.86. The predicted molar refractivity (Wildman–Crippen MR) is 89.3 cm³/mol. The first-order valence-electron chi connectivity index (χ1n) is 6.21. The molecule has 0 aliphatic rings. The molecule has 7 heteroatoms. The van der Waals surface area contributed by atoms with Crippen LogP contribution in [0.1, 0.15) is 10.6 Å². The maximum absolute atomic E-state index is 13.7. The highest BCUT2D eigenvalue weighted by molar-refractivity contribution is 9.10. The molecule has 0 atom stereocenters. The standard InChI is InChI=1S/C15H8BrFN2O2S/c16-10-3-1-9(12(17)7-10)2-6-15-18-13-8-11(19(20)21)4-5-14(13)22-15/h1-8H/b6-2+. The number of nitro groups is 1. The molecule has 3 rings (SSSR count). The Morgan fingerprint density at radius 3 is 2.77 bits per heavy atom. The average molecular weight is 379 g/mol. The molecule has 0 amide bonds. The summed E-state index contributed by atoms with van der Waals surface area (Å²) in [6.07, 6.45) is 3.33. The highest BCUT2D eigenvalue weighted by Crippen LogP contribution is 2.27. The van der Waals surface area contributed by atoms with E-state index in [9.17, 15) is 14.5 Å². The normalized spacial score (nSPS) is 11.4. The summed E-state index contributed by atoms with van der Waals surface area (Å²) in [5.74, 6) is -0.331. The van der Waals surface area contributed by atoms with Gasteiger partial charge in [0.05, 0.1) is 15.1 Å².